The Morgan fingerprint density at radius 3 is 2.38 bits per heavy atom. The predicted octanol–water partition coefficient (Wildman–Crippen LogP) is 6.71. The van der Waals surface area contributed by atoms with Gasteiger partial charge in [0, 0.05) is 50.3 Å². The van der Waals surface area contributed by atoms with Gasteiger partial charge in [0.25, 0.3) is 0 Å². The zero-order valence-electron chi connectivity index (χ0n) is 23.6. The van der Waals surface area contributed by atoms with Gasteiger partial charge in [0.1, 0.15) is 0 Å². The first-order chi connectivity index (χ1) is 16.0. The Hall–Kier alpha value is -1.88. The topological polar surface area (TPSA) is 34.4 Å². The van der Waals surface area contributed by atoms with Gasteiger partial charge in [0.05, 0.1) is 11.9 Å². The fourth-order valence-electron chi connectivity index (χ4n) is 5.10. The van der Waals surface area contributed by atoms with Crippen LogP contribution < -0.4 is 0 Å². The van der Waals surface area contributed by atoms with Gasteiger partial charge >= 0.3 is 0 Å². The molecule has 0 amide bonds. The lowest BCUT2D eigenvalue weighted by atomic mass is 9.80. The summed E-state index contributed by atoms with van der Waals surface area (Å²) in [6.45, 7) is 29.8. The van der Waals surface area contributed by atoms with Crippen molar-refractivity contribution in [1.29, 1.82) is 0 Å². The van der Waals surface area contributed by atoms with E-state index < -0.39 is 0 Å². The zero-order valence-corrected chi connectivity index (χ0v) is 23.6. The Balaban J connectivity index is 2.24. The van der Waals surface area contributed by atoms with Crippen LogP contribution in [0.3, 0.4) is 0 Å². The van der Waals surface area contributed by atoms with Crippen molar-refractivity contribution in [3.63, 3.8) is 0 Å². The SMILES string of the molecule is C=C(C)N1CCCN(CC)C(CC)=C1/N=C(C)/C(=C/C=N\C(C)N1CCC(C(C)(C)C)C1)CC. The first-order valence-electron chi connectivity index (χ1n) is 13.5. The van der Waals surface area contributed by atoms with Crippen LogP contribution in [0.4, 0.5) is 0 Å². The monoisotopic (exact) mass is 469 g/mol. The van der Waals surface area contributed by atoms with E-state index in [1.807, 2.05) is 6.21 Å². The molecule has 0 radical (unpaired) electrons. The molecule has 2 heterocycles. The van der Waals surface area contributed by atoms with Crippen molar-refractivity contribution in [3.8, 4) is 0 Å². The van der Waals surface area contributed by atoms with Gasteiger partial charge in [-0.2, -0.15) is 0 Å². The Labute approximate surface area is 210 Å². The average Bonchev–Trinajstić information content (AvgIpc) is 3.22. The lowest BCUT2D eigenvalue weighted by Crippen LogP contribution is -2.31. The van der Waals surface area contributed by atoms with Crippen molar-refractivity contribution in [2.45, 2.75) is 94.2 Å². The highest BCUT2D eigenvalue weighted by atomic mass is 15.3. The summed E-state index contributed by atoms with van der Waals surface area (Å²) >= 11 is 0. The van der Waals surface area contributed by atoms with Crippen molar-refractivity contribution < 1.29 is 0 Å². The third-order valence-electron chi connectivity index (χ3n) is 7.55. The largest absolute Gasteiger partial charge is 0.372 e. The molecule has 5 nitrogen and oxygen atoms in total. The molecule has 0 saturated carbocycles. The molecule has 0 N–H and O–H groups in total. The molecule has 0 aliphatic carbocycles. The van der Waals surface area contributed by atoms with Crippen LogP contribution in [0.5, 0.6) is 0 Å². The lowest BCUT2D eigenvalue weighted by Gasteiger charge is -2.28. The number of hydrogen-bond acceptors (Lipinski definition) is 5. The lowest BCUT2D eigenvalue weighted by molar-refractivity contribution is 0.205. The van der Waals surface area contributed by atoms with Crippen molar-refractivity contribution in [2.75, 3.05) is 32.7 Å². The van der Waals surface area contributed by atoms with Crippen LogP contribution >= 0.6 is 0 Å². The summed E-state index contributed by atoms with van der Waals surface area (Å²) in [4.78, 5) is 17.4. The van der Waals surface area contributed by atoms with E-state index in [1.54, 1.807) is 0 Å². The van der Waals surface area contributed by atoms with Gasteiger partial charge in [-0.1, -0.05) is 41.2 Å². The third-order valence-corrected chi connectivity index (χ3v) is 7.55. The fraction of sp³-hybridized carbons (Fsp3) is 0.724. The summed E-state index contributed by atoms with van der Waals surface area (Å²) in [6.07, 6.45) is 8.68. The second kappa shape index (κ2) is 12.7. The highest BCUT2D eigenvalue weighted by Crippen LogP contribution is 2.34. The van der Waals surface area contributed by atoms with Gasteiger partial charge < -0.3 is 9.80 Å². The molecule has 2 aliphatic heterocycles. The summed E-state index contributed by atoms with van der Waals surface area (Å²) in [6, 6.07) is 0. The van der Waals surface area contributed by atoms with E-state index in [4.69, 9.17) is 9.98 Å². The Bertz CT molecular complexity index is 811. The maximum absolute atomic E-state index is 5.21. The molecule has 2 aliphatic rings. The van der Waals surface area contributed by atoms with E-state index in [1.165, 1.54) is 17.7 Å². The van der Waals surface area contributed by atoms with Crippen molar-refractivity contribution >= 4 is 11.9 Å². The molecule has 1 saturated heterocycles. The van der Waals surface area contributed by atoms with E-state index in [0.717, 1.165) is 75.1 Å². The molecule has 1 fully saturated rings. The summed E-state index contributed by atoms with van der Waals surface area (Å²) in [5.74, 6) is 1.82. The van der Waals surface area contributed by atoms with Crippen LogP contribution in [-0.2, 0) is 0 Å². The van der Waals surface area contributed by atoms with Crippen molar-refractivity contribution in [1.82, 2.24) is 14.7 Å². The second-order valence-electron chi connectivity index (χ2n) is 11.0. The van der Waals surface area contributed by atoms with Crippen molar-refractivity contribution in [2.24, 2.45) is 21.3 Å². The van der Waals surface area contributed by atoms with Crippen LogP contribution in [-0.4, -0.2) is 65.5 Å². The molecule has 0 aromatic heterocycles. The van der Waals surface area contributed by atoms with E-state index in [2.05, 4.69) is 89.7 Å². The van der Waals surface area contributed by atoms with E-state index in [-0.39, 0.29) is 6.17 Å². The normalized spacial score (nSPS) is 22.7. The highest BCUT2D eigenvalue weighted by molar-refractivity contribution is 6.01. The second-order valence-corrected chi connectivity index (χ2v) is 11.0. The highest BCUT2D eigenvalue weighted by Gasteiger charge is 2.33. The zero-order chi connectivity index (χ0) is 25.5. The van der Waals surface area contributed by atoms with Crippen LogP contribution in [0.25, 0.3) is 0 Å². The van der Waals surface area contributed by atoms with Crippen LogP contribution in [0, 0.1) is 11.3 Å². The number of likely N-dealkylation sites (tertiary alicyclic amines) is 1. The minimum Gasteiger partial charge on any atom is -0.372 e. The molecule has 0 aromatic carbocycles. The van der Waals surface area contributed by atoms with Crippen LogP contribution in [0.1, 0.15) is 88.0 Å². The van der Waals surface area contributed by atoms with Crippen LogP contribution in [0.2, 0.25) is 0 Å². The van der Waals surface area contributed by atoms with E-state index in [9.17, 15) is 0 Å². The van der Waals surface area contributed by atoms with Gasteiger partial charge in [0.15, 0.2) is 5.82 Å². The molecule has 2 rings (SSSR count). The molecule has 34 heavy (non-hydrogen) atoms. The standard InChI is InChI=1S/C29H51N5/c1-11-25(15-17-30-24(7)33-20-16-26(21-33)29(8,9)10)23(6)31-28-27(12-2)32(13-3)18-14-19-34(28)22(4)5/h15,17,24,26H,4,11-14,16,18-21H2,1-3,5-10H3/b25-15+,30-17-,31-23+. The van der Waals surface area contributed by atoms with Gasteiger partial charge in [-0.25, -0.2) is 4.99 Å². The number of hydrogen-bond donors (Lipinski definition) is 0. The quantitative estimate of drug-likeness (QED) is 0.352. The van der Waals surface area contributed by atoms with Gasteiger partial charge in [-0.15, -0.1) is 0 Å². The van der Waals surface area contributed by atoms with E-state index >= 15 is 0 Å². The summed E-state index contributed by atoms with van der Waals surface area (Å²) in [5.41, 5.74) is 5.06. The molecule has 5 heteroatoms. The Morgan fingerprint density at radius 1 is 1.15 bits per heavy atom. The fourth-order valence-corrected chi connectivity index (χ4v) is 5.10. The number of aliphatic imine (C=N–C) groups is 2. The maximum atomic E-state index is 5.21. The van der Waals surface area contributed by atoms with Crippen molar-refractivity contribution in [3.05, 3.63) is 35.4 Å². The van der Waals surface area contributed by atoms with Gasteiger partial charge in [-0.05, 0) is 76.4 Å². The smallest absolute Gasteiger partial charge is 0.152 e. The molecule has 0 aromatic rings. The van der Waals surface area contributed by atoms with E-state index in [0.29, 0.717) is 5.41 Å². The van der Waals surface area contributed by atoms with Gasteiger partial charge in [-0.3, -0.25) is 9.89 Å². The molecule has 2 unspecified atom stereocenters. The Morgan fingerprint density at radius 2 is 1.85 bits per heavy atom. The molecule has 192 valence electrons. The molecule has 0 spiro atoms. The first kappa shape index (κ1) is 28.4. The minimum absolute atomic E-state index is 0.215. The first-order valence-corrected chi connectivity index (χ1v) is 13.5. The van der Waals surface area contributed by atoms with Gasteiger partial charge in [0.2, 0.25) is 0 Å². The minimum atomic E-state index is 0.215. The number of nitrogens with zero attached hydrogens (tertiary/aromatic N) is 5. The summed E-state index contributed by atoms with van der Waals surface area (Å²) < 4.78 is 0. The summed E-state index contributed by atoms with van der Waals surface area (Å²) in [7, 11) is 0. The van der Waals surface area contributed by atoms with Crippen LogP contribution in [0.15, 0.2) is 45.4 Å². The average molecular weight is 470 g/mol. The Kier molecular flexibility index (Phi) is 10.6. The third kappa shape index (κ3) is 7.31. The maximum Gasteiger partial charge on any atom is 0.152 e. The predicted molar refractivity (Wildman–Crippen MR) is 149 cm³/mol. The molecule has 2 atom stereocenters. The molecular formula is C29H51N5. The molecule has 0 bridgehead atoms. The summed E-state index contributed by atoms with van der Waals surface area (Å²) in [5, 5.41) is 0. The number of rotatable bonds is 9. The molecular weight excluding hydrogens is 418 g/mol. The number of allylic oxidation sites excluding steroid dienone is 4.